The average molecular weight is 263 g/mol. The second-order valence-corrected chi connectivity index (χ2v) is 5.22. The summed E-state index contributed by atoms with van der Waals surface area (Å²) in [6.45, 7) is -0.124. The van der Waals surface area contributed by atoms with Crippen molar-refractivity contribution in [2.45, 2.75) is 25.0 Å². The smallest absolute Gasteiger partial charge is 0.130 e. The Hall–Kier alpha value is -1.50. The van der Waals surface area contributed by atoms with E-state index in [0.717, 1.165) is 16.8 Å². The van der Waals surface area contributed by atoms with Crippen LogP contribution in [0.25, 0.3) is 5.57 Å². The Morgan fingerprint density at radius 2 is 2.05 bits per heavy atom. The van der Waals surface area contributed by atoms with Crippen LogP contribution < -0.4 is 5.73 Å². The Balaban J connectivity index is 1.92. The van der Waals surface area contributed by atoms with Gasteiger partial charge in [-0.1, -0.05) is 6.08 Å². The van der Waals surface area contributed by atoms with Gasteiger partial charge in [-0.05, 0) is 18.4 Å². The van der Waals surface area contributed by atoms with Crippen LogP contribution in [0.2, 0.25) is 0 Å². The van der Waals surface area contributed by atoms with Crippen molar-refractivity contribution in [3.8, 4) is 0 Å². The summed E-state index contributed by atoms with van der Waals surface area (Å²) in [5, 5.41) is 29.3. The summed E-state index contributed by atoms with van der Waals surface area (Å²) in [4.78, 5) is 8.20. The van der Waals surface area contributed by atoms with E-state index in [-0.39, 0.29) is 18.4 Å². The van der Waals surface area contributed by atoms with Crippen LogP contribution in [-0.4, -0.2) is 44.1 Å². The summed E-state index contributed by atoms with van der Waals surface area (Å²) >= 11 is 0. The first-order chi connectivity index (χ1) is 9.13. The van der Waals surface area contributed by atoms with Crippen LogP contribution in [0.3, 0.4) is 0 Å². The highest BCUT2D eigenvalue weighted by Crippen LogP contribution is 2.43. The molecule has 0 aromatic carbocycles. The predicted octanol–water partition coefficient (Wildman–Crippen LogP) is -0.652. The number of nitrogens with zero attached hydrogens (tertiary/aromatic N) is 2. The second-order valence-electron chi connectivity index (χ2n) is 5.22. The third-order valence-electron chi connectivity index (χ3n) is 4.21. The maximum Gasteiger partial charge on any atom is 0.130 e. The lowest BCUT2D eigenvalue weighted by Gasteiger charge is -2.18. The largest absolute Gasteiger partial charge is 0.396 e. The van der Waals surface area contributed by atoms with E-state index in [0.29, 0.717) is 18.7 Å². The Kier molecular flexibility index (Phi) is 3.00. The summed E-state index contributed by atoms with van der Waals surface area (Å²) < 4.78 is 0. The minimum Gasteiger partial charge on any atom is -0.396 e. The molecule has 2 aliphatic rings. The molecule has 0 bridgehead atoms. The Bertz CT molecular complexity index is 532. The molecule has 1 saturated carbocycles. The van der Waals surface area contributed by atoms with Crippen LogP contribution in [0, 0.1) is 11.8 Å². The van der Waals surface area contributed by atoms with Crippen molar-refractivity contribution >= 4 is 11.4 Å². The molecule has 0 amide bonds. The maximum atomic E-state index is 10.1. The van der Waals surface area contributed by atoms with Crippen molar-refractivity contribution < 1.29 is 15.3 Å². The molecule has 3 rings (SSSR count). The van der Waals surface area contributed by atoms with E-state index in [1.165, 1.54) is 6.33 Å². The van der Waals surface area contributed by atoms with Gasteiger partial charge in [-0.2, -0.15) is 0 Å². The number of fused-ring (bicyclic) bond motifs is 1. The highest BCUT2D eigenvalue weighted by atomic mass is 16.3. The minimum atomic E-state index is -0.890. The lowest BCUT2D eigenvalue weighted by atomic mass is 9.93. The predicted molar refractivity (Wildman–Crippen MR) is 68.8 cm³/mol. The molecule has 0 radical (unpaired) electrons. The third kappa shape index (κ3) is 1.83. The van der Waals surface area contributed by atoms with Crippen LogP contribution in [0.15, 0.2) is 12.4 Å². The molecule has 0 spiro atoms. The van der Waals surface area contributed by atoms with Gasteiger partial charge >= 0.3 is 0 Å². The number of rotatable bonds is 2. The van der Waals surface area contributed by atoms with Gasteiger partial charge in [0.05, 0.1) is 17.9 Å². The lowest BCUT2D eigenvalue weighted by Crippen LogP contribution is -2.29. The summed E-state index contributed by atoms with van der Waals surface area (Å²) in [6, 6.07) is 0. The molecule has 1 aromatic heterocycles. The Morgan fingerprint density at radius 3 is 2.74 bits per heavy atom. The number of aromatic nitrogens is 2. The van der Waals surface area contributed by atoms with Gasteiger partial charge in [-0.15, -0.1) is 0 Å². The zero-order valence-corrected chi connectivity index (χ0v) is 10.4. The molecule has 102 valence electrons. The molecule has 1 fully saturated rings. The first-order valence-electron chi connectivity index (χ1n) is 6.40. The van der Waals surface area contributed by atoms with Crippen molar-refractivity contribution in [2.24, 2.45) is 11.8 Å². The van der Waals surface area contributed by atoms with E-state index >= 15 is 0 Å². The fourth-order valence-corrected chi connectivity index (χ4v) is 3.13. The molecule has 0 saturated heterocycles. The van der Waals surface area contributed by atoms with Crippen LogP contribution in [0.4, 0.5) is 5.82 Å². The van der Waals surface area contributed by atoms with E-state index in [9.17, 15) is 15.3 Å². The van der Waals surface area contributed by atoms with Crippen molar-refractivity contribution in [3.63, 3.8) is 0 Å². The molecule has 1 aromatic rings. The monoisotopic (exact) mass is 263 g/mol. The summed E-state index contributed by atoms with van der Waals surface area (Å²) in [7, 11) is 0. The fourth-order valence-electron chi connectivity index (χ4n) is 3.13. The highest BCUT2D eigenvalue weighted by Gasteiger charge is 2.44. The average Bonchev–Trinajstić information content (AvgIpc) is 2.94. The van der Waals surface area contributed by atoms with Gasteiger partial charge in [0.2, 0.25) is 0 Å². The van der Waals surface area contributed by atoms with Gasteiger partial charge in [0, 0.05) is 24.0 Å². The Morgan fingerprint density at radius 1 is 1.26 bits per heavy atom. The van der Waals surface area contributed by atoms with E-state index in [2.05, 4.69) is 9.97 Å². The molecule has 5 N–H and O–H groups in total. The minimum absolute atomic E-state index is 0.124. The van der Waals surface area contributed by atoms with Gasteiger partial charge in [0.25, 0.3) is 0 Å². The van der Waals surface area contributed by atoms with Gasteiger partial charge in [-0.3, -0.25) is 0 Å². The lowest BCUT2D eigenvalue weighted by molar-refractivity contribution is 0.000274. The molecule has 19 heavy (non-hydrogen) atoms. The van der Waals surface area contributed by atoms with Crippen molar-refractivity contribution in [1.82, 2.24) is 9.97 Å². The van der Waals surface area contributed by atoms with E-state index in [1.54, 1.807) is 0 Å². The third-order valence-corrected chi connectivity index (χ3v) is 4.21. The van der Waals surface area contributed by atoms with Crippen LogP contribution in [0.1, 0.15) is 17.7 Å². The van der Waals surface area contributed by atoms with E-state index in [1.807, 2.05) is 6.08 Å². The molecule has 6 nitrogen and oxygen atoms in total. The molecule has 0 aliphatic heterocycles. The molecule has 1 heterocycles. The van der Waals surface area contributed by atoms with Gasteiger partial charge in [0.1, 0.15) is 12.1 Å². The van der Waals surface area contributed by atoms with Gasteiger partial charge in [-0.25, -0.2) is 9.97 Å². The molecule has 4 atom stereocenters. The first-order valence-corrected chi connectivity index (χ1v) is 6.40. The zero-order valence-electron chi connectivity index (χ0n) is 10.4. The van der Waals surface area contributed by atoms with Gasteiger partial charge < -0.3 is 21.1 Å². The van der Waals surface area contributed by atoms with Crippen LogP contribution in [-0.2, 0) is 6.42 Å². The SMILES string of the molecule is Nc1ncnc2c1CC=C2[C@@H]1C[C@H](CO)[C@@H](O)[C@H]1O. The first kappa shape index (κ1) is 12.5. The standard InChI is InChI=1S/C13H17N3O3/c14-13-8-2-1-7(10(8)15-5-16-13)9-3-6(4-17)11(18)12(9)19/h1,5-6,9,11-12,17-19H,2-4H2,(H2,14,15,16)/t6-,9+,11-,12+/m1/s1. The number of hydrogen-bond donors (Lipinski definition) is 4. The van der Waals surface area contributed by atoms with Crippen LogP contribution >= 0.6 is 0 Å². The normalized spacial score (nSPS) is 33.3. The van der Waals surface area contributed by atoms with Crippen molar-refractivity contribution in [3.05, 3.63) is 23.7 Å². The molecular weight excluding hydrogens is 246 g/mol. The van der Waals surface area contributed by atoms with Crippen LogP contribution in [0.5, 0.6) is 0 Å². The van der Waals surface area contributed by atoms with Gasteiger partial charge in [0.15, 0.2) is 0 Å². The van der Waals surface area contributed by atoms with E-state index in [4.69, 9.17) is 5.73 Å². The molecule has 2 aliphatic carbocycles. The highest BCUT2D eigenvalue weighted by molar-refractivity contribution is 5.75. The molecule has 0 unspecified atom stereocenters. The fraction of sp³-hybridized carbons (Fsp3) is 0.538. The summed E-state index contributed by atoms with van der Waals surface area (Å²) in [5.41, 5.74) is 8.37. The number of aliphatic hydroxyl groups is 3. The number of aliphatic hydroxyl groups excluding tert-OH is 3. The maximum absolute atomic E-state index is 10.1. The van der Waals surface area contributed by atoms with Crippen molar-refractivity contribution in [2.75, 3.05) is 12.3 Å². The summed E-state index contributed by atoms with van der Waals surface area (Å²) in [6.07, 6.45) is 2.84. The Labute approximate surface area is 110 Å². The number of allylic oxidation sites excluding steroid dienone is 1. The number of nitrogen functional groups attached to an aromatic ring is 1. The zero-order chi connectivity index (χ0) is 13.6. The van der Waals surface area contributed by atoms with Crippen molar-refractivity contribution in [1.29, 1.82) is 0 Å². The second kappa shape index (κ2) is 4.56. The topological polar surface area (TPSA) is 112 Å². The molecule has 6 heteroatoms. The molecular formula is C13H17N3O3. The van der Waals surface area contributed by atoms with E-state index < -0.39 is 12.2 Å². The quantitative estimate of drug-likeness (QED) is 0.564. The summed E-state index contributed by atoms with van der Waals surface area (Å²) in [5.74, 6) is -0.0326. The number of nitrogens with two attached hydrogens (primary N) is 1. The number of anilines is 1. The number of hydrogen-bond acceptors (Lipinski definition) is 6.